The minimum atomic E-state index is -0.900. The maximum atomic E-state index is 11.6. The summed E-state index contributed by atoms with van der Waals surface area (Å²) in [4.78, 5) is 24.4. The third-order valence-corrected chi connectivity index (χ3v) is 3.42. The number of carbonyl (C=O) groups excluding carboxylic acids is 1. The predicted molar refractivity (Wildman–Crippen MR) is 86.7 cm³/mol. The van der Waals surface area contributed by atoms with Crippen molar-refractivity contribution < 1.29 is 19.8 Å². The normalized spacial score (nSPS) is 12.7. The van der Waals surface area contributed by atoms with E-state index >= 15 is 0 Å². The molecule has 22 heavy (non-hydrogen) atoms. The van der Waals surface area contributed by atoms with Crippen LogP contribution in [0.4, 0.5) is 0 Å². The quantitative estimate of drug-likeness (QED) is 0.353. The maximum absolute atomic E-state index is 11.6. The number of allylic oxidation sites excluding steroid dienone is 1. The fourth-order valence-corrected chi connectivity index (χ4v) is 1.97. The summed E-state index contributed by atoms with van der Waals surface area (Å²) >= 11 is 0. The molecule has 1 unspecified atom stereocenters. The van der Waals surface area contributed by atoms with Gasteiger partial charge in [-0.05, 0) is 19.8 Å². The van der Waals surface area contributed by atoms with Crippen molar-refractivity contribution in [1.82, 2.24) is 10.2 Å². The molecule has 0 saturated carbocycles. The molecule has 0 fully saturated rings. The molecule has 0 radical (unpaired) electrons. The topological polar surface area (TPSA) is 89.9 Å². The molecular weight excluding hydrogens is 284 g/mol. The molecule has 128 valence electrons. The van der Waals surface area contributed by atoms with E-state index < -0.39 is 12.0 Å². The molecule has 1 atom stereocenters. The zero-order valence-electron chi connectivity index (χ0n) is 13.8. The first-order chi connectivity index (χ1) is 10.5. The molecule has 0 aliphatic heterocycles. The standard InChI is InChI=1S/C16H30N2O4/c1-3-4-5-6-7-9-15(20)17-10-12-18(11-8-13-19)14(2)16(21)22/h6-7,14,19H,3-5,8-13H2,1-2H3,(H,17,20)(H,21,22)/b7-6+. The predicted octanol–water partition coefficient (Wildman–Crippen LogP) is 1.40. The van der Waals surface area contributed by atoms with E-state index in [9.17, 15) is 9.59 Å². The lowest BCUT2D eigenvalue weighted by atomic mass is 10.2. The smallest absolute Gasteiger partial charge is 0.320 e. The highest BCUT2D eigenvalue weighted by Gasteiger charge is 2.19. The monoisotopic (exact) mass is 314 g/mol. The van der Waals surface area contributed by atoms with Gasteiger partial charge in [0.2, 0.25) is 5.91 Å². The summed E-state index contributed by atoms with van der Waals surface area (Å²) in [6.07, 6.45) is 8.03. The zero-order valence-corrected chi connectivity index (χ0v) is 13.8. The number of carbonyl (C=O) groups is 2. The number of unbranched alkanes of at least 4 members (excludes halogenated alkanes) is 2. The number of rotatable bonds is 13. The summed E-state index contributed by atoms with van der Waals surface area (Å²) in [6.45, 7) is 5.12. The molecule has 0 saturated heterocycles. The summed E-state index contributed by atoms with van der Waals surface area (Å²) < 4.78 is 0. The number of aliphatic carboxylic acids is 1. The van der Waals surface area contributed by atoms with Crippen LogP contribution >= 0.6 is 0 Å². The van der Waals surface area contributed by atoms with E-state index in [-0.39, 0.29) is 12.5 Å². The highest BCUT2D eigenvalue weighted by molar-refractivity contribution is 5.77. The Hall–Kier alpha value is -1.40. The fourth-order valence-electron chi connectivity index (χ4n) is 1.97. The molecule has 0 heterocycles. The SMILES string of the molecule is CCCC/C=C/CC(=O)NCCN(CCCO)C(C)C(=O)O. The third kappa shape index (κ3) is 10.3. The molecule has 0 spiro atoms. The van der Waals surface area contributed by atoms with Gasteiger partial charge in [0, 0.05) is 32.7 Å². The second-order valence-electron chi connectivity index (χ2n) is 5.30. The third-order valence-electron chi connectivity index (χ3n) is 3.42. The summed E-state index contributed by atoms with van der Waals surface area (Å²) in [7, 11) is 0. The summed E-state index contributed by atoms with van der Waals surface area (Å²) in [5.74, 6) is -0.957. The van der Waals surface area contributed by atoms with Gasteiger partial charge >= 0.3 is 5.97 Å². The van der Waals surface area contributed by atoms with Crippen LogP contribution in [-0.4, -0.2) is 59.3 Å². The molecule has 0 bridgehead atoms. The minimum absolute atomic E-state index is 0.0255. The van der Waals surface area contributed by atoms with Crippen molar-refractivity contribution >= 4 is 11.9 Å². The first kappa shape index (κ1) is 20.6. The first-order valence-electron chi connectivity index (χ1n) is 8.02. The molecule has 1 amide bonds. The van der Waals surface area contributed by atoms with E-state index in [1.54, 1.807) is 11.8 Å². The number of hydrogen-bond acceptors (Lipinski definition) is 4. The summed E-state index contributed by atoms with van der Waals surface area (Å²) in [6, 6.07) is -0.627. The Morgan fingerprint density at radius 3 is 2.55 bits per heavy atom. The number of hydrogen-bond donors (Lipinski definition) is 3. The Labute approximate surface area is 133 Å². The number of carboxylic acids is 1. The van der Waals surface area contributed by atoms with Gasteiger partial charge in [0.25, 0.3) is 0 Å². The second kappa shape index (κ2) is 13.3. The van der Waals surface area contributed by atoms with Gasteiger partial charge in [-0.3, -0.25) is 14.5 Å². The number of nitrogens with zero attached hydrogens (tertiary/aromatic N) is 1. The van der Waals surface area contributed by atoms with Crippen molar-refractivity contribution in [3.05, 3.63) is 12.2 Å². The molecule has 6 nitrogen and oxygen atoms in total. The van der Waals surface area contributed by atoms with Crippen LogP contribution in [-0.2, 0) is 9.59 Å². The lowest BCUT2D eigenvalue weighted by molar-refractivity contribution is -0.142. The van der Waals surface area contributed by atoms with E-state index in [4.69, 9.17) is 10.2 Å². The molecular formula is C16H30N2O4. The highest BCUT2D eigenvalue weighted by Crippen LogP contribution is 2.00. The maximum Gasteiger partial charge on any atom is 0.320 e. The molecule has 3 N–H and O–H groups in total. The van der Waals surface area contributed by atoms with Gasteiger partial charge in [-0.2, -0.15) is 0 Å². The number of aliphatic hydroxyl groups excluding tert-OH is 1. The lowest BCUT2D eigenvalue weighted by Gasteiger charge is -2.25. The molecule has 0 aliphatic carbocycles. The molecule has 0 rings (SSSR count). The van der Waals surface area contributed by atoms with Crippen LogP contribution in [0.25, 0.3) is 0 Å². The van der Waals surface area contributed by atoms with Crippen LogP contribution in [0.2, 0.25) is 0 Å². The van der Waals surface area contributed by atoms with Crippen LogP contribution in [0.3, 0.4) is 0 Å². The number of aliphatic hydroxyl groups is 1. The van der Waals surface area contributed by atoms with Gasteiger partial charge in [0.15, 0.2) is 0 Å². The lowest BCUT2D eigenvalue weighted by Crippen LogP contribution is -2.44. The van der Waals surface area contributed by atoms with Crippen molar-refractivity contribution in [2.75, 3.05) is 26.2 Å². The first-order valence-corrected chi connectivity index (χ1v) is 8.02. The molecule has 6 heteroatoms. The molecule has 0 aromatic heterocycles. The summed E-state index contributed by atoms with van der Waals surface area (Å²) in [5, 5.41) is 20.7. The number of amides is 1. The van der Waals surface area contributed by atoms with Crippen LogP contribution in [0.1, 0.15) is 46.0 Å². The van der Waals surface area contributed by atoms with E-state index in [1.165, 1.54) is 0 Å². The van der Waals surface area contributed by atoms with Crippen molar-refractivity contribution in [2.45, 2.75) is 52.0 Å². The van der Waals surface area contributed by atoms with Crippen molar-refractivity contribution in [3.8, 4) is 0 Å². The fraction of sp³-hybridized carbons (Fsp3) is 0.750. The Kier molecular flexibility index (Phi) is 12.4. The second-order valence-corrected chi connectivity index (χ2v) is 5.30. The van der Waals surface area contributed by atoms with Crippen LogP contribution in [0, 0.1) is 0 Å². The number of nitrogens with one attached hydrogen (secondary N) is 1. The van der Waals surface area contributed by atoms with E-state index in [1.807, 2.05) is 12.2 Å². The molecule has 0 aliphatic rings. The van der Waals surface area contributed by atoms with Gasteiger partial charge in [-0.15, -0.1) is 0 Å². The van der Waals surface area contributed by atoms with Gasteiger partial charge in [0.1, 0.15) is 6.04 Å². The van der Waals surface area contributed by atoms with Crippen LogP contribution in [0.5, 0.6) is 0 Å². The Morgan fingerprint density at radius 1 is 1.23 bits per heavy atom. The summed E-state index contributed by atoms with van der Waals surface area (Å²) in [5.41, 5.74) is 0. The number of carboxylic acid groups (broad SMARTS) is 1. The van der Waals surface area contributed by atoms with E-state index in [2.05, 4.69) is 12.2 Å². The van der Waals surface area contributed by atoms with Gasteiger partial charge < -0.3 is 15.5 Å². The zero-order chi connectivity index (χ0) is 16.8. The van der Waals surface area contributed by atoms with Crippen LogP contribution < -0.4 is 5.32 Å². The average molecular weight is 314 g/mol. The van der Waals surface area contributed by atoms with Crippen molar-refractivity contribution in [3.63, 3.8) is 0 Å². The minimum Gasteiger partial charge on any atom is -0.480 e. The van der Waals surface area contributed by atoms with Gasteiger partial charge in [-0.1, -0.05) is 31.9 Å². The highest BCUT2D eigenvalue weighted by atomic mass is 16.4. The van der Waals surface area contributed by atoms with Gasteiger partial charge in [0.05, 0.1) is 0 Å². The molecule has 0 aromatic rings. The van der Waals surface area contributed by atoms with E-state index in [0.717, 1.165) is 19.3 Å². The van der Waals surface area contributed by atoms with Crippen molar-refractivity contribution in [1.29, 1.82) is 0 Å². The van der Waals surface area contributed by atoms with Gasteiger partial charge in [-0.25, -0.2) is 0 Å². The van der Waals surface area contributed by atoms with Crippen LogP contribution in [0.15, 0.2) is 12.2 Å². The molecule has 0 aromatic carbocycles. The Bertz CT molecular complexity index is 345. The van der Waals surface area contributed by atoms with Crippen molar-refractivity contribution in [2.24, 2.45) is 0 Å². The Morgan fingerprint density at radius 2 is 1.95 bits per heavy atom. The van der Waals surface area contributed by atoms with E-state index in [0.29, 0.717) is 32.5 Å². The Balaban J connectivity index is 4.02. The average Bonchev–Trinajstić information content (AvgIpc) is 2.49. The largest absolute Gasteiger partial charge is 0.480 e.